The SMILES string of the molecule is COC(CI)(OC)c1ccc(F)cc1. The third-order valence-corrected chi connectivity index (χ3v) is 3.12. The molecule has 0 fully saturated rings. The van der Waals surface area contributed by atoms with E-state index in [9.17, 15) is 4.39 Å². The van der Waals surface area contributed by atoms with E-state index in [0.29, 0.717) is 4.43 Å². The number of rotatable bonds is 4. The Kier molecular flexibility index (Phi) is 4.28. The van der Waals surface area contributed by atoms with Crippen LogP contribution in [0.5, 0.6) is 0 Å². The molecule has 2 nitrogen and oxygen atoms in total. The van der Waals surface area contributed by atoms with Crippen molar-refractivity contribution in [1.82, 2.24) is 0 Å². The van der Waals surface area contributed by atoms with Crippen molar-refractivity contribution in [3.63, 3.8) is 0 Å². The minimum Gasteiger partial charge on any atom is -0.349 e. The fraction of sp³-hybridized carbons (Fsp3) is 0.400. The Morgan fingerprint density at radius 3 is 2.07 bits per heavy atom. The molecule has 0 amide bonds. The topological polar surface area (TPSA) is 18.5 Å². The van der Waals surface area contributed by atoms with E-state index < -0.39 is 5.79 Å². The number of benzene rings is 1. The van der Waals surface area contributed by atoms with Gasteiger partial charge in [0, 0.05) is 19.8 Å². The van der Waals surface area contributed by atoms with Gasteiger partial charge >= 0.3 is 0 Å². The van der Waals surface area contributed by atoms with Gasteiger partial charge in [-0.15, -0.1) is 0 Å². The van der Waals surface area contributed by atoms with Gasteiger partial charge < -0.3 is 9.47 Å². The predicted octanol–water partition coefficient (Wildman–Crippen LogP) is 2.71. The molecule has 0 unspecified atom stereocenters. The second-order valence-electron chi connectivity index (χ2n) is 2.80. The fourth-order valence-electron chi connectivity index (χ4n) is 1.21. The maximum absolute atomic E-state index is 12.7. The minimum atomic E-state index is -0.770. The second-order valence-corrected chi connectivity index (χ2v) is 3.56. The molecule has 0 bridgehead atoms. The van der Waals surface area contributed by atoms with Crippen LogP contribution in [0.25, 0.3) is 0 Å². The summed E-state index contributed by atoms with van der Waals surface area (Å²) in [6, 6.07) is 6.13. The molecular weight excluding hydrogens is 298 g/mol. The van der Waals surface area contributed by atoms with Gasteiger partial charge in [-0.1, -0.05) is 34.7 Å². The number of ether oxygens (including phenoxy) is 2. The van der Waals surface area contributed by atoms with E-state index in [1.54, 1.807) is 26.4 Å². The van der Waals surface area contributed by atoms with Crippen LogP contribution in [0.3, 0.4) is 0 Å². The fourth-order valence-corrected chi connectivity index (χ4v) is 2.27. The quantitative estimate of drug-likeness (QED) is 0.484. The van der Waals surface area contributed by atoms with E-state index in [4.69, 9.17) is 9.47 Å². The Morgan fingerprint density at radius 2 is 1.71 bits per heavy atom. The Balaban J connectivity index is 3.05. The average molecular weight is 310 g/mol. The van der Waals surface area contributed by atoms with E-state index in [1.165, 1.54) is 12.1 Å². The molecule has 1 aromatic carbocycles. The Hall–Kier alpha value is -0.200. The van der Waals surface area contributed by atoms with Crippen LogP contribution in [-0.2, 0) is 15.3 Å². The van der Waals surface area contributed by atoms with Crippen molar-refractivity contribution in [2.24, 2.45) is 0 Å². The molecule has 0 spiro atoms. The molecule has 0 N–H and O–H groups in total. The number of halogens is 2. The zero-order valence-electron chi connectivity index (χ0n) is 8.09. The first-order valence-corrected chi connectivity index (χ1v) is 5.63. The first kappa shape index (κ1) is 11.9. The molecule has 0 aromatic heterocycles. The normalized spacial score (nSPS) is 11.7. The molecular formula is C10H12FIO2. The molecule has 0 aliphatic carbocycles. The lowest BCUT2D eigenvalue weighted by Gasteiger charge is -2.29. The van der Waals surface area contributed by atoms with E-state index in [-0.39, 0.29) is 5.82 Å². The lowest BCUT2D eigenvalue weighted by atomic mass is 10.1. The van der Waals surface area contributed by atoms with Crippen LogP contribution in [-0.4, -0.2) is 18.6 Å². The largest absolute Gasteiger partial charge is 0.349 e. The number of hydrogen-bond acceptors (Lipinski definition) is 2. The van der Waals surface area contributed by atoms with E-state index in [0.717, 1.165) is 5.56 Å². The third kappa shape index (κ3) is 2.24. The van der Waals surface area contributed by atoms with Crippen molar-refractivity contribution < 1.29 is 13.9 Å². The van der Waals surface area contributed by atoms with Gasteiger partial charge in [-0.3, -0.25) is 0 Å². The summed E-state index contributed by atoms with van der Waals surface area (Å²) in [5, 5.41) is 0. The molecule has 0 saturated heterocycles. The number of hydrogen-bond donors (Lipinski definition) is 0. The van der Waals surface area contributed by atoms with Crippen molar-refractivity contribution in [1.29, 1.82) is 0 Å². The van der Waals surface area contributed by atoms with Crippen LogP contribution in [0.2, 0.25) is 0 Å². The van der Waals surface area contributed by atoms with Gasteiger partial charge in [0.25, 0.3) is 0 Å². The average Bonchev–Trinajstić information content (AvgIpc) is 2.24. The highest BCUT2D eigenvalue weighted by atomic mass is 127. The van der Waals surface area contributed by atoms with Crippen molar-refractivity contribution in [2.45, 2.75) is 5.79 Å². The van der Waals surface area contributed by atoms with Crippen LogP contribution >= 0.6 is 22.6 Å². The molecule has 0 radical (unpaired) electrons. The van der Waals surface area contributed by atoms with Crippen molar-refractivity contribution in [3.8, 4) is 0 Å². The lowest BCUT2D eigenvalue weighted by molar-refractivity contribution is -0.195. The van der Waals surface area contributed by atoms with E-state index >= 15 is 0 Å². The maximum Gasteiger partial charge on any atom is 0.203 e. The van der Waals surface area contributed by atoms with Crippen molar-refractivity contribution in [2.75, 3.05) is 18.6 Å². The Bertz CT molecular complexity index is 274. The molecule has 0 aliphatic heterocycles. The zero-order chi connectivity index (χ0) is 10.6. The highest BCUT2D eigenvalue weighted by Crippen LogP contribution is 2.28. The molecule has 0 atom stereocenters. The summed E-state index contributed by atoms with van der Waals surface area (Å²) in [4.78, 5) is 0. The molecule has 78 valence electrons. The monoisotopic (exact) mass is 310 g/mol. The summed E-state index contributed by atoms with van der Waals surface area (Å²) in [7, 11) is 3.15. The molecule has 0 heterocycles. The maximum atomic E-state index is 12.7. The summed E-state index contributed by atoms with van der Waals surface area (Å²) < 4.78 is 24.0. The third-order valence-electron chi connectivity index (χ3n) is 2.12. The van der Waals surface area contributed by atoms with Crippen molar-refractivity contribution in [3.05, 3.63) is 35.6 Å². The molecule has 1 rings (SSSR count). The van der Waals surface area contributed by atoms with Gasteiger partial charge in [0.05, 0.1) is 4.43 Å². The minimum absolute atomic E-state index is 0.261. The second kappa shape index (κ2) is 5.04. The molecule has 14 heavy (non-hydrogen) atoms. The summed E-state index contributed by atoms with van der Waals surface area (Å²) in [5.74, 6) is -1.03. The number of methoxy groups -OCH3 is 2. The van der Waals surface area contributed by atoms with Crippen LogP contribution < -0.4 is 0 Å². The summed E-state index contributed by atoms with van der Waals surface area (Å²) >= 11 is 2.17. The molecule has 0 saturated carbocycles. The van der Waals surface area contributed by atoms with Gasteiger partial charge in [0.1, 0.15) is 5.82 Å². The molecule has 0 aliphatic rings. The van der Waals surface area contributed by atoms with Crippen LogP contribution in [0, 0.1) is 5.82 Å². The van der Waals surface area contributed by atoms with E-state index in [2.05, 4.69) is 22.6 Å². The highest BCUT2D eigenvalue weighted by molar-refractivity contribution is 14.1. The summed E-state index contributed by atoms with van der Waals surface area (Å²) in [5.41, 5.74) is 0.818. The van der Waals surface area contributed by atoms with Crippen LogP contribution in [0.1, 0.15) is 5.56 Å². The van der Waals surface area contributed by atoms with Crippen molar-refractivity contribution >= 4 is 22.6 Å². The number of alkyl halides is 1. The van der Waals surface area contributed by atoms with Gasteiger partial charge in [-0.25, -0.2) is 4.39 Å². The lowest BCUT2D eigenvalue weighted by Crippen LogP contribution is -2.32. The summed E-state index contributed by atoms with van der Waals surface area (Å²) in [6.45, 7) is 0. The van der Waals surface area contributed by atoms with E-state index in [1.807, 2.05) is 0 Å². The highest BCUT2D eigenvalue weighted by Gasteiger charge is 2.30. The van der Waals surface area contributed by atoms with Gasteiger partial charge in [0.2, 0.25) is 5.79 Å². The summed E-state index contributed by atoms with van der Waals surface area (Å²) in [6.07, 6.45) is 0. The Labute approximate surface area is 96.5 Å². The molecule has 4 heteroatoms. The smallest absolute Gasteiger partial charge is 0.203 e. The zero-order valence-corrected chi connectivity index (χ0v) is 10.2. The first-order valence-electron chi connectivity index (χ1n) is 4.11. The predicted molar refractivity (Wildman–Crippen MR) is 61.0 cm³/mol. The standard InChI is InChI=1S/C10H12FIO2/c1-13-10(7-12,14-2)8-3-5-9(11)6-4-8/h3-6H,7H2,1-2H3. The van der Waals surface area contributed by atoms with Crippen LogP contribution in [0.15, 0.2) is 24.3 Å². The first-order chi connectivity index (χ1) is 6.68. The Morgan fingerprint density at radius 1 is 1.21 bits per heavy atom. The van der Waals surface area contributed by atoms with Gasteiger partial charge in [-0.05, 0) is 12.1 Å². The van der Waals surface area contributed by atoms with Gasteiger partial charge in [-0.2, -0.15) is 0 Å². The molecule has 1 aromatic rings. The van der Waals surface area contributed by atoms with Gasteiger partial charge in [0.15, 0.2) is 0 Å². The van der Waals surface area contributed by atoms with Crippen LogP contribution in [0.4, 0.5) is 4.39 Å².